The molecule has 2 saturated heterocycles. The molecule has 0 bridgehead atoms. The van der Waals surface area contributed by atoms with Gasteiger partial charge in [-0.3, -0.25) is 14.3 Å². The van der Waals surface area contributed by atoms with Crippen molar-refractivity contribution < 1.29 is 9.59 Å². The zero-order chi connectivity index (χ0) is 16.9. The van der Waals surface area contributed by atoms with E-state index in [1.165, 1.54) is 0 Å². The van der Waals surface area contributed by atoms with Gasteiger partial charge in [-0.25, -0.2) is 0 Å². The van der Waals surface area contributed by atoms with Crippen LogP contribution in [0.25, 0.3) is 0 Å². The van der Waals surface area contributed by atoms with Crippen LogP contribution in [0.5, 0.6) is 0 Å². The highest BCUT2D eigenvalue weighted by atomic mass is 35.5. The van der Waals surface area contributed by atoms with Gasteiger partial charge < -0.3 is 15.5 Å². The van der Waals surface area contributed by atoms with Crippen LogP contribution in [-0.2, 0) is 9.59 Å². The smallest absolute Gasteiger partial charge is 0.247 e. The second-order valence-corrected chi connectivity index (χ2v) is 6.85. The van der Waals surface area contributed by atoms with Gasteiger partial charge >= 0.3 is 0 Å². The van der Waals surface area contributed by atoms with Crippen molar-refractivity contribution >= 4 is 36.6 Å². The minimum Gasteiger partial charge on any atom is -0.354 e. The minimum atomic E-state index is -0.281. The average Bonchev–Trinajstić information content (AvgIpc) is 3.32. The Bertz CT molecular complexity index is 564. The van der Waals surface area contributed by atoms with Gasteiger partial charge in [-0.2, -0.15) is 5.10 Å². The van der Waals surface area contributed by atoms with E-state index < -0.39 is 0 Å². The van der Waals surface area contributed by atoms with Crippen molar-refractivity contribution in [3.63, 3.8) is 0 Å². The molecule has 0 aromatic carbocycles. The van der Waals surface area contributed by atoms with Gasteiger partial charge in [-0.1, -0.05) is 0 Å². The number of piperidine rings is 1. The van der Waals surface area contributed by atoms with Gasteiger partial charge in [0, 0.05) is 32.0 Å². The first-order chi connectivity index (χ1) is 11.6. The molecular weight excluding hydrogens is 377 g/mol. The highest BCUT2D eigenvalue weighted by molar-refractivity contribution is 5.85. The molecule has 0 aliphatic carbocycles. The molecule has 2 amide bonds. The number of carbonyl (C=O) groups excluding carboxylic acids is 2. The first-order valence-electron chi connectivity index (χ1n) is 8.94. The number of likely N-dealkylation sites (tertiary alicyclic amines) is 1. The number of nitrogens with zero attached hydrogens (tertiary/aromatic N) is 3. The largest absolute Gasteiger partial charge is 0.354 e. The van der Waals surface area contributed by atoms with Crippen molar-refractivity contribution in [3.05, 3.63) is 18.5 Å². The molecule has 3 rings (SSSR count). The number of hydrogen-bond acceptors (Lipinski definition) is 4. The third kappa shape index (κ3) is 5.59. The third-order valence-corrected chi connectivity index (χ3v) is 5.05. The van der Waals surface area contributed by atoms with Gasteiger partial charge in [0.15, 0.2) is 0 Å². The summed E-state index contributed by atoms with van der Waals surface area (Å²) in [5.41, 5.74) is 0. The molecule has 9 heteroatoms. The van der Waals surface area contributed by atoms with Crippen LogP contribution >= 0.6 is 24.8 Å². The standard InChI is InChI=1S/C17H27N5O2.2ClH/c1-13(22-10-4-8-20-22)17(24)21-9-3-5-14(12-21)11-19-16(23)15-6-2-7-18-15;;/h4,8,10,13-15,18H,2-3,5-7,9,11-12H2,1H3,(H,19,23);2*1H. The van der Waals surface area contributed by atoms with Crippen molar-refractivity contribution in [3.8, 4) is 0 Å². The number of halogens is 2. The highest BCUT2D eigenvalue weighted by Gasteiger charge is 2.29. The Morgan fingerprint density at radius 3 is 2.77 bits per heavy atom. The zero-order valence-corrected chi connectivity index (χ0v) is 16.7. The number of nitrogens with one attached hydrogen (secondary N) is 2. The quantitative estimate of drug-likeness (QED) is 0.775. The first-order valence-corrected chi connectivity index (χ1v) is 8.94. The lowest BCUT2D eigenvalue weighted by molar-refractivity contribution is -0.136. The summed E-state index contributed by atoms with van der Waals surface area (Å²) in [7, 11) is 0. The number of aromatic nitrogens is 2. The van der Waals surface area contributed by atoms with E-state index in [1.54, 1.807) is 10.9 Å². The lowest BCUT2D eigenvalue weighted by Crippen LogP contribution is -2.47. The minimum absolute atomic E-state index is 0. The Morgan fingerprint density at radius 2 is 2.12 bits per heavy atom. The van der Waals surface area contributed by atoms with E-state index in [9.17, 15) is 9.59 Å². The maximum absolute atomic E-state index is 12.7. The Labute approximate surface area is 167 Å². The summed E-state index contributed by atoms with van der Waals surface area (Å²) in [5.74, 6) is 0.533. The molecular formula is C17H29Cl2N5O2. The summed E-state index contributed by atoms with van der Waals surface area (Å²) in [5, 5.41) is 10.4. The lowest BCUT2D eigenvalue weighted by atomic mass is 9.97. The summed E-state index contributed by atoms with van der Waals surface area (Å²) in [4.78, 5) is 26.7. The number of carbonyl (C=O) groups is 2. The maximum atomic E-state index is 12.7. The van der Waals surface area contributed by atoms with Crippen molar-refractivity contribution in [2.24, 2.45) is 5.92 Å². The monoisotopic (exact) mass is 405 g/mol. The summed E-state index contributed by atoms with van der Waals surface area (Å²) in [6.45, 7) is 4.96. The van der Waals surface area contributed by atoms with Crippen LogP contribution in [0.1, 0.15) is 38.6 Å². The van der Waals surface area contributed by atoms with Crippen LogP contribution in [0.15, 0.2) is 18.5 Å². The van der Waals surface area contributed by atoms with E-state index in [-0.39, 0.29) is 48.7 Å². The van der Waals surface area contributed by atoms with Crippen molar-refractivity contribution in [1.29, 1.82) is 0 Å². The predicted molar refractivity (Wildman–Crippen MR) is 105 cm³/mol. The third-order valence-electron chi connectivity index (χ3n) is 5.05. The van der Waals surface area contributed by atoms with Gasteiger partial charge in [0.1, 0.15) is 6.04 Å². The summed E-state index contributed by atoms with van der Waals surface area (Å²) >= 11 is 0. The molecule has 148 valence electrons. The second-order valence-electron chi connectivity index (χ2n) is 6.85. The van der Waals surface area contributed by atoms with Crippen LogP contribution in [0.3, 0.4) is 0 Å². The molecule has 3 unspecified atom stereocenters. The lowest BCUT2D eigenvalue weighted by Gasteiger charge is -2.34. The Hall–Kier alpha value is -1.31. The molecule has 0 radical (unpaired) electrons. The summed E-state index contributed by atoms with van der Waals surface area (Å²) in [6.07, 6.45) is 7.53. The van der Waals surface area contributed by atoms with E-state index in [0.717, 1.165) is 38.8 Å². The predicted octanol–water partition coefficient (Wildman–Crippen LogP) is 1.39. The van der Waals surface area contributed by atoms with Gasteiger partial charge in [0.2, 0.25) is 11.8 Å². The SMILES string of the molecule is CC(C(=O)N1CCCC(CNC(=O)C2CCCN2)C1)n1cccn1.Cl.Cl. The highest BCUT2D eigenvalue weighted by Crippen LogP contribution is 2.19. The average molecular weight is 406 g/mol. The van der Waals surface area contributed by atoms with E-state index >= 15 is 0 Å². The van der Waals surface area contributed by atoms with E-state index in [0.29, 0.717) is 19.0 Å². The van der Waals surface area contributed by atoms with Crippen LogP contribution < -0.4 is 10.6 Å². The Balaban J connectivity index is 0.00000169. The molecule has 7 nitrogen and oxygen atoms in total. The fourth-order valence-corrected chi connectivity index (χ4v) is 3.60. The van der Waals surface area contributed by atoms with E-state index in [4.69, 9.17) is 0 Å². The first kappa shape index (κ1) is 22.7. The van der Waals surface area contributed by atoms with Gasteiger partial charge in [-0.05, 0) is 51.1 Å². The van der Waals surface area contributed by atoms with E-state index in [1.807, 2.05) is 24.1 Å². The molecule has 2 fully saturated rings. The molecule has 0 spiro atoms. The maximum Gasteiger partial charge on any atom is 0.247 e. The Kier molecular flexibility index (Phi) is 9.39. The molecule has 2 N–H and O–H groups in total. The van der Waals surface area contributed by atoms with Crippen molar-refractivity contribution in [2.45, 2.75) is 44.7 Å². The van der Waals surface area contributed by atoms with Crippen molar-refractivity contribution in [2.75, 3.05) is 26.2 Å². The number of amides is 2. The Morgan fingerprint density at radius 1 is 1.31 bits per heavy atom. The molecule has 2 aliphatic rings. The number of rotatable bonds is 5. The molecule has 2 aliphatic heterocycles. The molecule has 3 atom stereocenters. The topological polar surface area (TPSA) is 79.3 Å². The zero-order valence-electron chi connectivity index (χ0n) is 15.1. The molecule has 26 heavy (non-hydrogen) atoms. The van der Waals surface area contributed by atoms with Crippen LogP contribution in [0.2, 0.25) is 0 Å². The van der Waals surface area contributed by atoms with Crippen LogP contribution in [0.4, 0.5) is 0 Å². The molecule has 0 saturated carbocycles. The van der Waals surface area contributed by atoms with Gasteiger partial charge in [0.25, 0.3) is 0 Å². The summed E-state index contributed by atoms with van der Waals surface area (Å²) in [6, 6.07) is 1.51. The number of hydrogen-bond donors (Lipinski definition) is 2. The molecule has 3 heterocycles. The normalized spacial score (nSPS) is 23.5. The second kappa shape index (κ2) is 10.7. The fraction of sp³-hybridized carbons (Fsp3) is 0.706. The fourth-order valence-electron chi connectivity index (χ4n) is 3.60. The van der Waals surface area contributed by atoms with Crippen LogP contribution in [0, 0.1) is 5.92 Å². The van der Waals surface area contributed by atoms with Crippen LogP contribution in [-0.4, -0.2) is 58.7 Å². The van der Waals surface area contributed by atoms with Gasteiger partial charge in [0.05, 0.1) is 6.04 Å². The molecule has 1 aromatic rings. The molecule has 1 aromatic heterocycles. The van der Waals surface area contributed by atoms with Gasteiger partial charge in [-0.15, -0.1) is 24.8 Å². The van der Waals surface area contributed by atoms with Crippen molar-refractivity contribution in [1.82, 2.24) is 25.3 Å². The summed E-state index contributed by atoms with van der Waals surface area (Å²) < 4.78 is 1.69. The van der Waals surface area contributed by atoms with E-state index in [2.05, 4.69) is 15.7 Å².